The van der Waals surface area contributed by atoms with Crippen LogP contribution in [0.3, 0.4) is 0 Å². The molecule has 0 aromatic heterocycles. The van der Waals surface area contributed by atoms with Crippen molar-refractivity contribution in [2.75, 3.05) is 0 Å². The van der Waals surface area contributed by atoms with Crippen LogP contribution >= 0.6 is 0 Å². The lowest BCUT2D eigenvalue weighted by molar-refractivity contribution is 0.0581. The first-order valence-electron chi connectivity index (χ1n) is 3.72. The van der Waals surface area contributed by atoms with E-state index in [0.717, 1.165) is 6.42 Å². The van der Waals surface area contributed by atoms with Gasteiger partial charge < -0.3 is 4.84 Å². The fourth-order valence-electron chi connectivity index (χ4n) is 1.16. The monoisotopic (exact) mass is 153 g/mol. The molecule has 0 aromatic carbocycles. The van der Waals surface area contributed by atoms with Crippen LogP contribution in [-0.2, 0) is 4.84 Å². The highest BCUT2D eigenvalue weighted by Gasteiger charge is 2.18. The van der Waals surface area contributed by atoms with E-state index in [9.17, 15) is 4.91 Å². The third-order valence-corrected chi connectivity index (χ3v) is 1.83. The maximum Gasteiger partial charge on any atom is 0.155 e. The van der Waals surface area contributed by atoms with Crippen molar-refractivity contribution in [3.63, 3.8) is 0 Å². The molecule has 60 valence electrons. The second kappa shape index (κ2) is 3.91. The molecule has 0 saturated heterocycles. The molecular formula is C8H11NO2. The molecule has 0 radical (unpaired) electrons. The van der Waals surface area contributed by atoms with Crippen LogP contribution in [0.25, 0.3) is 0 Å². The molecule has 1 aliphatic carbocycles. The largest absolute Gasteiger partial charge is 0.356 e. The number of rotatable bonds is 3. The first kappa shape index (κ1) is 7.98. The molecule has 0 heterocycles. The van der Waals surface area contributed by atoms with E-state index in [0.29, 0.717) is 0 Å². The Hall–Kier alpha value is -1.12. The van der Waals surface area contributed by atoms with Crippen LogP contribution in [0.4, 0.5) is 0 Å². The van der Waals surface area contributed by atoms with E-state index in [4.69, 9.17) is 0 Å². The van der Waals surface area contributed by atoms with E-state index in [1.165, 1.54) is 0 Å². The fraction of sp³-hybridized carbons (Fsp3) is 0.500. The van der Waals surface area contributed by atoms with Gasteiger partial charge in [0.15, 0.2) is 11.4 Å². The molecule has 0 aromatic rings. The summed E-state index contributed by atoms with van der Waals surface area (Å²) in [5.41, 5.74) is 0. The van der Waals surface area contributed by atoms with E-state index >= 15 is 0 Å². The van der Waals surface area contributed by atoms with Gasteiger partial charge in [-0.25, -0.2) is 0 Å². The maximum absolute atomic E-state index is 9.80. The van der Waals surface area contributed by atoms with Gasteiger partial charge >= 0.3 is 0 Å². The highest BCUT2D eigenvalue weighted by Crippen LogP contribution is 2.18. The lowest BCUT2D eigenvalue weighted by Gasteiger charge is -2.18. The average molecular weight is 153 g/mol. The second-order valence-corrected chi connectivity index (χ2v) is 2.49. The second-order valence-electron chi connectivity index (χ2n) is 2.49. The Morgan fingerprint density at radius 2 is 2.18 bits per heavy atom. The molecule has 0 N–H and O–H groups in total. The van der Waals surface area contributed by atoms with Crippen LogP contribution in [-0.4, -0.2) is 6.10 Å². The van der Waals surface area contributed by atoms with Crippen molar-refractivity contribution in [2.24, 2.45) is 11.3 Å². The lowest BCUT2D eigenvalue weighted by Crippen LogP contribution is -2.18. The Morgan fingerprint density at radius 1 is 1.45 bits per heavy atom. The van der Waals surface area contributed by atoms with Gasteiger partial charge in [-0.15, -0.1) is 4.91 Å². The highest BCUT2D eigenvalue weighted by atomic mass is 16.7. The standard InChI is InChI=1S/C8H11NO2/c1-2-7-5-3-4-6-8(7)11-9-10/h3-8H,2H2,1H3. The number of hydrogen-bond acceptors (Lipinski definition) is 3. The van der Waals surface area contributed by atoms with Gasteiger partial charge in [-0.1, -0.05) is 25.2 Å². The first-order chi connectivity index (χ1) is 5.38. The molecule has 3 nitrogen and oxygen atoms in total. The Morgan fingerprint density at radius 3 is 2.82 bits per heavy atom. The van der Waals surface area contributed by atoms with Gasteiger partial charge in [0, 0.05) is 5.92 Å². The summed E-state index contributed by atoms with van der Waals surface area (Å²) in [7, 11) is 0. The molecule has 1 rings (SSSR count). The van der Waals surface area contributed by atoms with E-state index in [2.05, 4.69) is 17.1 Å². The third-order valence-electron chi connectivity index (χ3n) is 1.83. The van der Waals surface area contributed by atoms with Crippen molar-refractivity contribution in [1.29, 1.82) is 0 Å². The van der Waals surface area contributed by atoms with Gasteiger partial charge in [0.1, 0.15) is 0 Å². The molecule has 0 aliphatic heterocycles. The van der Waals surface area contributed by atoms with Crippen molar-refractivity contribution < 1.29 is 4.84 Å². The van der Waals surface area contributed by atoms with Gasteiger partial charge in [0.25, 0.3) is 0 Å². The lowest BCUT2D eigenvalue weighted by atomic mass is 9.95. The van der Waals surface area contributed by atoms with Crippen molar-refractivity contribution in [1.82, 2.24) is 0 Å². The van der Waals surface area contributed by atoms with E-state index in [1.54, 1.807) is 0 Å². The molecule has 0 amide bonds. The summed E-state index contributed by atoms with van der Waals surface area (Å²) in [5, 5.41) is 2.42. The molecular weight excluding hydrogens is 142 g/mol. The predicted molar refractivity (Wildman–Crippen MR) is 42.7 cm³/mol. The Kier molecular flexibility index (Phi) is 2.83. The maximum atomic E-state index is 9.80. The predicted octanol–water partition coefficient (Wildman–Crippen LogP) is 2.21. The normalized spacial score (nSPS) is 28.5. The van der Waals surface area contributed by atoms with Crippen LogP contribution in [0.15, 0.2) is 29.6 Å². The number of nitrogens with zero attached hydrogens (tertiary/aromatic N) is 1. The van der Waals surface area contributed by atoms with Crippen LogP contribution in [0.1, 0.15) is 13.3 Å². The Labute approximate surface area is 65.7 Å². The molecule has 3 heteroatoms. The molecule has 0 fully saturated rings. The summed E-state index contributed by atoms with van der Waals surface area (Å²) < 4.78 is 0. The number of hydrogen-bond donors (Lipinski definition) is 0. The van der Waals surface area contributed by atoms with Gasteiger partial charge in [0.05, 0.1) is 0 Å². The molecule has 2 unspecified atom stereocenters. The molecule has 0 saturated carbocycles. The van der Waals surface area contributed by atoms with Crippen LogP contribution in [0, 0.1) is 10.8 Å². The molecule has 11 heavy (non-hydrogen) atoms. The van der Waals surface area contributed by atoms with Gasteiger partial charge in [0.2, 0.25) is 0 Å². The van der Waals surface area contributed by atoms with Crippen molar-refractivity contribution in [2.45, 2.75) is 19.4 Å². The fourth-order valence-corrected chi connectivity index (χ4v) is 1.16. The minimum atomic E-state index is -0.164. The summed E-state index contributed by atoms with van der Waals surface area (Å²) in [6, 6.07) is 0. The minimum Gasteiger partial charge on any atom is -0.356 e. The summed E-state index contributed by atoms with van der Waals surface area (Å²) >= 11 is 0. The number of allylic oxidation sites excluding steroid dienone is 2. The third kappa shape index (κ3) is 1.90. The summed E-state index contributed by atoms with van der Waals surface area (Å²) in [5.74, 6) is 0.290. The summed E-state index contributed by atoms with van der Waals surface area (Å²) in [4.78, 5) is 14.4. The van der Waals surface area contributed by atoms with Crippen LogP contribution in [0.2, 0.25) is 0 Å². The van der Waals surface area contributed by atoms with Crippen molar-refractivity contribution in [3.8, 4) is 0 Å². The Balaban J connectivity index is 2.55. The van der Waals surface area contributed by atoms with Gasteiger partial charge in [-0.05, 0) is 12.5 Å². The first-order valence-corrected chi connectivity index (χ1v) is 3.72. The zero-order valence-corrected chi connectivity index (χ0v) is 6.43. The highest BCUT2D eigenvalue weighted by molar-refractivity contribution is 5.15. The van der Waals surface area contributed by atoms with Gasteiger partial charge in [-0.2, -0.15) is 0 Å². The smallest absolute Gasteiger partial charge is 0.155 e. The minimum absolute atomic E-state index is 0.164. The zero-order chi connectivity index (χ0) is 8.10. The van der Waals surface area contributed by atoms with Crippen LogP contribution < -0.4 is 0 Å². The molecule has 0 bridgehead atoms. The SMILES string of the molecule is CCC1C=CC=CC1ON=O. The summed E-state index contributed by atoms with van der Waals surface area (Å²) in [6.45, 7) is 2.05. The van der Waals surface area contributed by atoms with Crippen molar-refractivity contribution >= 4 is 0 Å². The molecule has 1 aliphatic rings. The average Bonchev–Trinajstić information content (AvgIpc) is 2.06. The quantitative estimate of drug-likeness (QED) is 0.460. The van der Waals surface area contributed by atoms with E-state index < -0.39 is 0 Å². The van der Waals surface area contributed by atoms with E-state index in [-0.39, 0.29) is 12.0 Å². The van der Waals surface area contributed by atoms with Crippen molar-refractivity contribution in [3.05, 3.63) is 29.2 Å². The topological polar surface area (TPSA) is 38.7 Å². The molecule has 0 spiro atoms. The molecule has 2 atom stereocenters. The summed E-state index contributed by atoms with van der Waals surface area (Å²) in [6.07, 6.45) is 8.48. The van der Waals surface area contributed by atoms with Crippen LogP contribution in [0.5, 0.6) is 0 Å². The van der Waals surface area contributed by atoms with Gasteiger partial charge in [-0.3, -0.25) is 0 Å². The zero-order valence-electron chi connectivity index (χ0n) is 6.43. The van der Waals surface area contributed by atoms with E-state index in [1.807, 2.05) is 24.3 Å². The Bertz CT molecular complexity index is 187.